The van der Waals surface area contributed by atoms with Crippen molar-refractivity contribution in [2.45, 2.75) is 59.0 Å². The van der Waals surface area contributed by atoms with Gasteiger partial charge in [-0.1, -0.05) is 19.9 Å². The van der Waals surface area contributed by atoms with E-state index in [4.69, 9.17) is 18.9 Å². The van der Waals surface area contributed by atoms with Crippen LogP contribution < -0.4 is 14.8 Å². The van der Waals surface area contributed by atoms with Gasteiger partial charge in [0.2, 0.25) is 11.7 Å². The van der Waals surface area contributed by atoms with Gasteiger partial charge in [-0.25, -0.2) is 4.98 Å². The second-order valence-corrected chi connectivity index (χ2v) is 9.96. The lowest BCUT2D eigenvalue weighted by Crippen LogP contribution is -2.46. The monoisotopic (exact) mass is 528 g/mol. The molecule has 3 heterocycles. The predicted molar refractivity (Wildman–Crippen MR) is 136 cm³/mol. The molecule has 1 fully saturated rings. The number of anilines is 1. The van der Waals surface area contributed by atoms with E-state index in [-0.39, 0.29) is 41.6 Å². The van der Waals surface area contributed by atoms with Gasteiger partial charge < -0.3 is 29.2 Å². The largest absolute Gasteiger partial charge is 0.491 e. The Morgan fingerprint density at radius 3 is 2.66 bits per heavy atom. The molecule has 38 heavy (non-hydrogen) atoms. The van der Waals surface area contributed by atoms with Crippen LogP contribution in [0.15, 0.2) is 42.4 Å². The Bertz CT molecular complexity index is 1200. The van der Waals surface area contributed by atoms with Crippen LogP contribution in [0.1, 0.15) is 52.8 Å². The number of carbonyl (C=O) groups excluding carboxylic acids is 2. The lowest BCUT2D eigenvalue weighted by Gasteiger charge is -2.28. The Labute approximate surface area is 221 Å². The maximum atomic E-state index is 14.7. The van der Waals surface area contributed by atoms with E-state index >= 15 is 0 Å². The van der Waals surface area contributed by atoms with Crippen molar-refractivity contribution >= 4 is 17.6 Å². The zero-order valence-electron chi connectivity index (χ0n) is 22.2. The van der Waals surface area contributed by atoms with Crippen LogP contribution in [0.5, 0.6) is 11.5 Å². The first kappa shape index (κ1) is 27.5. The third kappa shape index (κ3) is 6.46. The normalized spacial score (nSPS) is 19.4. The number of halogens is 1. The maximum Gasteiger partial charge on any atom is 0.251 e. The molecular weight excluding hydrogens is 495 g/mol. The van der Waals surface area contributed by atoms with Crippen LogP contribution in [0.2, 0.25) is 0 Å². The van der Waals surface area contributed by atoms with Gasteiger partial charge >= 0.3 is 0 Å². The van der Waals surface area contributed by atoms with Crippen molar-refractivity contribution < 1.29 is 32.9 Å². The minimum Gasteiger partial charge on any atom is -0.491 e. The quantitative estimate of drug-likeness (QED) is 0.493. The standard InChI is InChI=1S/C27H33FN4O6/c1-6-35-20-8-7-9-21(25(20)28)37-17-11-24(33)32(14-17)19(10-16(2)3)26(34)31-23-13-29-18(12-30-23)22-15-36-27(4,5)38-22/h7-9,11-13,16,19,22H,6,10,14-15H2,1-5H3,(H,30,31,34)/t19-,22+/m0/s1. The van der Waals surface area contributed by atoms with Crippen LogP contribution >= 0.6 is 0 Å². The summed E-state index contributed by atoms with van der Waals surface area (Å²) in [4.78, 5) is 36.2. The van der Waals surface area contributed by atoms with Crippen LogP contribution in [0.4, 0.5) is 10.2 Å². The molecule has 0 radical (unpaired) electrons. The molecule has 2 amide bonds. The molecule has 0 spiro atoms. The molecular formula is C27H33FN4O6. The third-order valence-electron chi connectivity index (χ3n) is 6.00. The van der Waals surface area contributed by atoms with E-state index in [9.17, 15) is 14.0 Å². The summed E-state index contributed by atoms with van der Waals surface area (Å²) in [7, 11) is 0. The summed E-state index contributed by atoms with van der Waals surface area (Å²) in [5.74, 6) is -1.56. The summed E-state index contributed by atoms with van der Waals surface area (Å²) >= 11 is 0. The van der Waals surface area contributed by atoms with Gasteiger partial charge in [0.1, 0.15) is 17.9 Å². The number of rotatable bonds is 10. The average molecular weight is 529 g/mol. The molecule has 204 valence electrons. The van der Waals surface area contributed by atoms with Crippen molar-refractivity contribution in [1.82, 2.24) is 14.9 Å². The van der Waals surface area contributed by atoms with Crippen LogP contribution in [0.3, 0.4) is 0 Å². The van der Waals surface area contributed by atoms with Crippen LogP contribution in [0.25, 0.3) is 0 Å². The Balaban J connectivity index is 1.43. The summed E-state index contributed by atoms with van der Waals surface area (Å²) in [5, 5.41) is 2.76. The Kier molecular flexibility index (Phi) is 8.27. The van der Waals surface area contributed by atoms with Gasteiger partial charge in [0, 0.05) is 6.08 Å². The molecule has 4 rings (SSSR count). The lowest BCUT2D eigenvalue weighted by molar-refractivity contribution is -0.139. The van der Waals surface area contributed by atoms with Gasteiger partial charge in [-0.15, -0.1) is 0 Å². The first-order valence-corrected chi connectivity index (χ1v) is 12.6. The fraction of sp³-hybridized carbons (Fsp3) is 0.481. The molecule has 0 saturated carbocycles. The van der Waals surface area contributed by atoms with Gasteiger partial charge in [-0.3, -0.25) is 14.6 Å². The summed E-state index contributed by atoms with van der Waals surface area (Å²) in [6, 6.07) is 3.76. The summed E-state index contributed by atoms with van der Waals surface area (Å²) in [5.41, 5.74) is 0.591. The molecule has 10 nitrogen and oxygen atoms in total. The number of aromatic nitrogens is 2. The second-order valence-electron chi connectivity index (χ2n) is 9.96. The van der Waals surface area contributed by atoms with Gasteiger partial charge in [0.25, 0.3) is 5.91 Å². The molecule has 1 aromatic heterocycles. The molecule has 2 aromatic rings. The number of nitrogens with one attached hydrogen (secondary N) is 1. The summed E-state index contributed by atoms with van der Waals surface area (Å²) < 4.78 is 37.0. The molecule has 1 saturated heterocycles. The van der Waals surface area contributed by atoms with E-state index in [0.29, 0.717) is 25.3 Å². The number of nitrogens with zero attached hydrogens (tertiary/aromatic N) is 3. The number of benzene rings is 1. The van der Waals surface area contributed by atoms with Crippen LogP contribution in [0, 0.1) is 11.7 Å². The van der Waals surface area contributed by atoms with Gasteiger partial charge in [0.15, 0.2) is 23.1 Å². The number of ether oxygens (including phenoxy) is 4. The fourth-order valence-corrected chi connectivity index (χ4v) is 4.25. The maximum absolute atomic E-state index is 14.7. The van der Waals surface area contributed by atoms with Crippen molar-refractivity contribution in [2.75, 3.05) is 25.1 Å². The van der Waals surface area contributed by atoms with E-state index in [1.165, 1.54) is 35.5 Å². The molecule has 2 atom stereocenters. The number of hydrogen-bond acceptors (Lipinski definition) is 8. The molecule has 2 aliphatic rings. The number of hydrogen-bond donors (Lipinski definition) is 1. The Morgan fingerprint density at radius 1 is 1.26 bits per heavy atom. The zero-order valence-corrected chi connectivity index (χ0v) is 22.2. The summed E-state index contributed by atoms with van der Waals surface area (Å²) in [6.45, 7) is 9.99. The molecule has 0 unspecified atom stereocenters. The van der Waals surface area contributed by atoms with E-state index in [1.807, 2.05) is 27.7 Å². The first-order chi connectivity index (χ1) is 18.1. The van der Waals surface area contributed by atoms with Gasteiger partial charge in [-0.2, -0.15) is 4.39 Å². The molecule has 1 N–H and O–H groups in total. The molecule has 2 aliphatic heterocycles. The van der Waals surface area contributed by atoms with Crippen molar-refractivity contribution in [3.8, 4) is 11.5 Å². The minimum absolute atomic E-state index is 0.0152. The predicted octanol–water partition coefficient (Wildman–Crippen LogP) is 4.00. The van der Waals surface area contributed by atoms with E-state index < -0.39 is 29.5 Å². The number of amides is 2. The van der Waals surface area contributed by atoms with E-state index in [2.05, 4.69) is 15.3 Å². The highest BCUT2D eigenvalue weighted by atomic mass is 19.1. The SMILES string of the molecule is CCOc1cccc(OC2=CC(=O)N([C@@H](CC(C)C)C(=O)Nc3cnc([C@H]4COC(C)(C)O4)cn3)C2)c1F. The van der Waals surface area contributed by atoms with Crippen molar-refractivity contribution in [1.29, 1.82) is 0 Å². The van der Waals surface area contributed by atoms with E-state index in [0.717, 1.165) is 0 Å². The second kappa shape index (κ2) is 11.4. The highest BCUT2D eigenvalue weighted by Gasteiger charge is 2.36. The smallest absolute Gasteiger partial charge is 0.251 e. The first-order valence-electron chi connectivity index (χ1n) is 12.6. The van der Waals surface area contributed by atoms with Gasteiger partial charge in [0.05, 0.1) is 37.8 Å². The Hall–Kier alpha value is -3.57. The van der Waals surface area contributed by atoms with Crippen LogP contribution in [-0.4, -0.2) is 58.3 Å². The number of carbonyl (C=O) groups is 2. The van der Waals surface area contributed by atoms with Crippen LogP contribution in [-0.2, 0) is 19.1 Å². The zero-order chi connectivity index (χ0) is 27.4. The molecule has 1 aromatic carbocycles. The van der Waals surface area contributed by atoms with E-state index in [1.54, 1.807) is 13.0 Å². The average Bonchev–Trinajstić information content (AvgIpc) is 3.41. The fourth-order valence-electron chi connectivity index (χ4n) is 4.25. The Morgan fingerprint density at radius 2 is 2.03 bits per heavy atom. The molecule has 11 heteroatoms. The van der Waals surface area contributed by atoms with Crippen molar-refractivity contribution in [3.63, 3.8) is 0 Å². The highest BCUT2D eigenvalue weighted by Crippen LogP contribution is 2.32. The van der Waals surface area contributed by atoms with Crippen molar-refractivity contribution in [2.24, 2.45) is 5.92 Å². The topological polar surface area (TPSA) is 112 Å². The van der Waals surface area contributed by atoms with Crippen molar-refractivity contribution in [3.05, 3.63) is 53.9 Å². The van der Waals surface area contributed by atoms with Gasteiger partial charge in [-0.05, 0) is 45.2 Å². The lowest BCUT2D eigenvalue weighted by atomic mass is 10.0. The highest BCUT2D eigenvalue weighted by molar-refractivity contribution is 5.99. The third-order valence-corrected chi connectivity index (χ3v) is 6.00. The molecule has 0 bridgehead atoms. The molecule has 0 aliphatic carbocycles. The summed E-state index contributed by atoms with van der Waals surface area (Å²) in [6.07, 6.45) is 4.30. The minimum atomic E-state index is -0.798.